The summed E-state index contributed by atoms with van der Waals surface area (Å²) < 4.78 is 0. The molecule has 2 amide bonds. The van der Waals surface area contributed by atoms with Crippen molar-refractivity contribution in [1.29, 1.82) is 0 Å². The minimum atomic E-state index is -0.280. The number of unbranched alkanes of at least 4 members (excludes halogenated alkanes) is 3. The molecule has 0 spiro atoms. The summed E-state index contributed by atoms with van der Waals surface area (Å²) in [6.45, 7) is 2.93. The highest BCUT2D eigenvalue weighted by Gasteiger charge is 2.37. The summed E-state index contributed by atoms with van der Waals surface area (Å²) in [5.41, 5.74) is 5.16. The molecule has 0 unspecified atom stereocenters. The van der Waals surface area contributed by atoms with Gasteiger partial charge in [-0.15, -0.1) is 0 Å². The van der Waals surface area contributed by atoms with Crippen molar-refractivity contribution >= 4 is 11.8 Å². The van der Waals surface area contributed by atoms with E-state index in [0.717, 1.165) is 38.6 Å². The molecule has 0 heterocycles. The van der Waals surface area contributed by atoms with E-state index in [1.165, 1.54) is 19.3 Å². The minimum absolute atomic E-state index is 0.0830. The predicted octanol–water partition coefficient (Wildman–Crippen LogP) is 2.51. The Morgan fingerprint density at radius 3 is 2.37 bits per heavy atom. The minimum Gasteiger partial charge on any atom is -0.370 e. The first-order chi connectivity index (χ1) is 9.08. The van der Waals surface area contributed by atoms with E-state index >= 15 is 0 Å². The fraction of sp³-hybridized carbons (Fsp3) is 0.867. The van der Waals surface area contributed by atoms with Gasteiger partial charge in [-0.05, 0) is 24.7 Å². The van der Waals surface area contributed by atoms with Crippen LogP contribution in [-0.4, -0.2) is 18.4 Å². The van der Waals surface area contributed by atoms with Crippen molar-refractivity contribution in [2.75, 3.05) is 6.54 Å². The second-order valence-electron chi connectivity index (χ2n) is 5.94. The lowest BCUT2D eigenvalue weighted by molar-refractivity contribution is -0.125. The first kappa shape index (κ1) is 16.0. The van der Waals surface area contributed by atoms with E-state index in [0.29, 0.717) is 12.8 Å². The van der Waals surface area contributed by atoms with E-state index in [1.807, 2.05) is 0 Å². The average molecular weight is 268 g/mol. The molecule has 3 N–H and O–H groups in total. The Balaban J connectivity index is 2.29. The third-order valence-corrected chi connectivity index (χ3v) is 4.10. The van der Waals surface area contributed by atoms with Gasteiger partial charge in [0, 0.05) is 19.4 Å². The number of carbonyl (C=O) groups excluding carboxylic acids is 2. The summed E-state index contributed by atoms with van der Waals surface area (Å²) in [7, 11) is 0. The molecule has 0 aromatic carbocycles. The van der Waals surface area contributed by atoms with Crippen LogP contribution in [0.5, 0.6) is 0 Å². The summed E-state index contributed by atoms with van der Waals surface area (Å²) in [6, 6.07) is 0. The van der Waals surface area contributed by atoms with Crippen molar-refractivity contribution < 1.29 is 9.59 Å². The topological polar surface area (TPSA) is 72.2 Å². The van der Waals surface area contributed by atoms with Gasteiger partial charge >= 0.3 is 0 Å². The third kappa shape index (κ3) is 6.08. The summed E-state index contributed by atoms with van der Waals surface area (Å²) in [5, 5.41) is 2.98. The van der Waals surface area contributed by atoms with Gasteiger partial charge in [-0.25, -0.2) is 0 Å². The number of nitrogens with two attached hydrogens (primary N) is 1. The normalized spacial score (nSPS) is 17.3. The number of hydrogen-bond acceptors (Lipinski definition) is 2. The Morgan fingerprint density at radius 1 is 1.11 bits per heavy atom. The summed E-state index contributed by atoms with van der Waals surface area (Å²) in [4.78, 5) is 23.1. The smallest absolute Gasteiger partial charge is 0.220 e. The van der Waals surface area contributed by atoms with Crippen LogP contribution in [0.4, 0.5) is 0 Å². The Hall–Kier alpha value is -1.06. The van der Waals surface area contributed by atoms with Crippen molar-refractivity contribution in [3.05, 3.63) is 0 Å². The molecular formula is C15H28N2O2. The molecule has 0 bridgehead atoms. The third-order valence-electron chi connectivity index (χ3n) is 4.10. The van der Waals surface area contributed by atoms with Gasteiger partial charge in [0.15, 0.2) is 0 Å². The monoisotopic (exact) mass is 268 g/mol. The zero-order valence-electron chi connectivity index (χ0n) is 12.2. The molecule has 0 saturated heterocycles. The molecule has 1 fully saturated rings. The van der Waals surface area contributed by atoms with Gasteiger partial charge in [-0.3, -0.25) is 9.59 Å². The van der Waals surface area contributed by atoms with E-state index in [-0.39, 0.29) is 17.2 Å². The average Bonchev–Trinajstić information content (AvgIpc) is 2.76. The van der Waals surface area contributed by atoms with Crippen LogP contribution in [0.2, 0.25) is 0 Å². The molecule has 110 valence electrons. The van der Waals surface area contributed by atoms with Crippen molar-refractivity contribution in [2.24, 2.45) is 11.1 Å². The van der Waals surface area contributed by atoms with Crippen molar-refractivity contribution in [2.45, 2.75) is 71.1 Å². The zero-order valence-corrected chi connectivity index (χ0v) is 12.2. The Labute approximate surface area is 116 Å². The lowest BCUT2D eigenvalue weighted by atomic mass is 9.79. The van der Waals surface area contributed by atoms with E-state index in [1.54, 1.807) is 0 Å². The molecule has 4 nitrogen and oxygen atoms in total. The molecule has 4 heteroatoms. The molecule has 0 aromatic rings. The quantitative estimate of drug-likeness (QED) is 0.631. The van der Waals surface area contributed by atoms with Crippen LogP contribution >= 0.6 is 0 Å². The second kappa shape index (κ2) is 8.18. The van der Waals surface area contributed by atoms with Gasteiger partial charge in [-0.2, -0.15) is 0 Å². The molecular weight excluding hydrogens is 240 g/mol. The van der Waals surface area contributed by atoms with E-state index in [9.17, 15) is 9.59 Å². The number of carbonyl (C=O) groups is 2. The number of hydrogen-bond donors (Lipinski definition) is 2. The van der Waals surface area contributed by atoms with E-state index in [2.05, 4.69) is 12.2 Å². The maximum Gasteiger partial charge on any atom is 0.220 e. The molecule has 1 saturated carbocycles. The Bertz CT molecular complexity index is 297. The van der Waals surface area contributed by atoms with Crippen molar-refractivity contribution in [1.82, 2.24) is 5.32 Å². The summed E-state index contributed by atoms with van der Waals surface area (Å²) >= 11 is 0. The first-order valence-electron chi connectivity index (χ1n) is 7.63. The van der Waals surface area contributed by atoms with Crippen molar-refractivity contribution in [3.8, 4) is 0 Å². The SMILES string of the molecule is CCCCCCNC(=O)CC1(CC(N)=O)CCCC1. The molecule has 19 heavy (non-hydrogen) atoms. The first-order valence-corrected chi connectivity index (χ1v) is 7.63. The van der Waals surface area contributed by atoms with Crippen LogP contribution in [-0.2, 0) is 9.59 Å². The van der Waals surface area contributed by atoms with Crippen LogP contribution in [0.25, 0.3) is 0 Å². The lowest BCUT2D eigenvalue weighted by Gasteiger charge is -2.26. The number of rotatable bonds is 9. The number of primary amides is 1. The molecule has 0 aromatic heterocycles. The highest BCUT2D eigenvalue weighted by molar-refractivity contribution is 5.79. The fourth-order valence-electron chi connectivity index (χ4n) is 3.09. The van der Waals surface area contributed by atoms with Crippen LogP contribution < -0.4 is 11.1 Å². The maximum atomic E-state index is 12.0. The van der Waals surface area contributed by atoms with Gasteiger partial charge in [0.2, 0.25) is 11.8 Å². The number of amides is 2. The standard InChI is InChI=1S/C15H28N2O2/c1-2-3-4-7-10-17-14(19)12-15(11-13(16)18)8-5-6-9-15/h2-12H2,1H3,(H2,16,18)(H,17,19). The molecule has 0 atom stereocenters. The fourth-order valence-corrected chi connectivity index (χ4v) is 3.09. The second-order valence-corrected chi connectivity index (χ2v) is 5.94. The van der Waals surface area contributed by atoms with Gasteiger partial charge in [0.05, 0.1) is 0 Å². The predicted molar refractivity (Wildman–Crippen MR) is 76.5 cm³/mol. The van der Waals surface area contributed by atoms with Crippen LogP contribution in [0, 0.1) is 5.41 Å². The Morgan fingerprint density at radius 2 is 1.79 bits per heavy atom. The molecule has 1 aliphatic carbocycles. The van der Waals surface area contributed by atoms with E-state index < -0.39 is 0 Å². The molecule has 1 rings (SSSR count). The zero-order chi connectivity index (χ0) is 14.1. The van der Waals surface area contributed by atoms with Gasteiger partial charge < -0.3 is 11.1 Å². The molecule has 0 radical (unpaired) electrons. The van der Waals surface area contributed by atoms with Crippen LogP contribution in [0.1, 0.15) is 71.1 Å². The highest BCUT2D eigenvalue weighted by Crippen LogP contribution is 2.43. The Kier molecular flexibility index (Phi) is 6.89. The van der Waals surface area contributed by atoms with Gasteiger partial charge in [-0.1, -0.05) is 39.0 Å². The van der Waals surface area contributed by atoms with Crippen LogP contribution in [0.15, 0.2) is 0 Å². The summed E-state index contributed by atoms with van der Waals surface area (Å²) in [5.74, 6) is -0.197. The van der Waals surface area contributed by atoms with Gasteiger partial charge in [0.1, 0.15) is 0 Å². The number of nitrogens with one attached hydrogen (secondary N) is 1. The van der Waals surface area contributed by atoms with Crippen LogP contribution in [0.3, 0.4) is 0 Å². The summed E-state index contributed by atoms with van der Waals surface area (Å²) in [6.07, 6.45) is 9.59. The maximum absolute atomic E-state index is 12.0. The molecule has 0 aliphatic heterocycles. The highest BCUT2D eigenvalue weighted by atomic mass is 16.2. The largest absolute Gasteiger partial charge is 0.370 e. The molecule has 1 aliphatic rings. The van der Waals surface area contributed by atoms with Gasteiger partial charge in [0.25, 0.3) is 0 Å². The lowest BCUT2D eigenvalue weighted by Crippen LogP contribution is -2.33. The van der Waals surface area contributed by atoms with Crippen molar-refractivity contribution in [3.63, 3.8) is 0 Å². The van der Waals surface area contributed by atoms with E-state index in [4.69, 9.17) is 5.73 Å².